The Bertz CT molecular complexity index is 790. The molecule has 0 bridgehead atoms. The minimum atomic E-state index is -1.31. The summed E-state index contributed by atoms with van der Waals surface area (Å²) in [5.74, 6) is -3.98. The number of rotatable bonds is 8. The second-order valence-corrected chi connectivity index (χ2v) is 6.49. The first-order valence-corrected chi connectivity index (χ1v) is 8.75. The molecule has 2 aromatic carbocycles. The van der Waals surface area contributed by atoms with Crippen LogP contribution in [-0.2, 0) is 4.84 Å². The number of aliphatic hydroxyl groups is 1. The standard InChI is InChI=1S/C17H16F3IN2O3/c18-12-5-4-11(17(25)23-26-8-2-1-7-24)16(15(12)20)22-14-6-3-10(21)9-13(14)19/h3-6,9,22,24H,1-2,7-8H2,(H,23,25). The number of hydrogen-bond donors (Lipinski definition) is 3. The van der Waals surface area contributed by atoms with Gasteiger partial charge in [0.05, 0.1) is 23.5 Å². The Morgan fingerprint density at radius 2 is 1.88 bits per heavy atom. The third kappa shape index (κ3) is 5.32. The molecule has 0 heterocycles. The highest BCUT2D eigenvalue weighted by atomic mass is 127. The van der Waals surface area contributed by atoms with Crippen molar-refractivity contribution in [3.05, 3.63) is 56.9 Å². The average molecular weight is 480 g/mol. The normalized spacial score (nSPS) is 10.7. The van der Waals surface area contributed by atoms with E-state index >= 15 is 0 Å². The van der Waals surface area contributed by atoms with Crippen molar-refractivity contribution in [2.75, 3.05) is 18.5 Å². The van der Waals surface area contributed by atoms with Crippen LogP contribution in [0, 0.1) is 21.0 Å². The van der Waals surface area contributed by atoms with Crippen LogP contribution in [0.25, 0.3) is 0 Å². The number of carbonyl (C=O) groups is 1. The first-order valence-electron chi connectivity index (χ1n) is 7.67. The number of benzene rings is 2. The Morgan fingerprint density at radius 1 is 1.12 bits per heavy atom. The third-order valence-corrected chi connectivity index (χ3v) is 4.02. The molecule has 2 rings (SSSR count). The quantitative estimate of drug-likeness (QED) is 0.305. The summed E-state index contributed by atoms with van der Waals surface area (Å²) >= 11 is 1.91. The lowest BCUT2D eigenvalue weighted by molar-refractivity contribution is 0.0289. The Morgan fingerprint density at radius 3 is 2.58 bits per heavy atom. The number of nitrogens with one attached hydrogen (secondary N) is 2. The molecule has 0 saturated heterocycles. The molecule has 5 nitrogen and oxygen atoms in total. The number of aliphatic hydroxyl groups excluding tert-OH is 1. The molecule has 140 valence electrons. The van der Waals surface area contributed by atoms with Crippen LogP contribution in [-0.4, -0.2) is 24.2 Å². The zero-order chi connectivity index (χ0) is 19.1. The Hall–Kier alpha value is -1.85. The summed E-state index contributed by atoms with van der Waals surface area (Å²) in [5, 5.41) is 11.1. The van der Waals surface area contributed by atoms with Gasteiger partial charge >= 0.3 is 0 Å². The molecule has 0 aliphatic rings. The van der Waals surface area contributed by atoms with Gasteiger partial charge in [-0.25, -0.2) is 18.7 Å². The first-order chi connectivity index (χ1) is 12.4. The Balaban J connectivity index is 2.21. The van der Waals surface area contributed by atoms with Crippen molar-refractivity contribution < 1.29 is 27.9 Å². The molecule has 2 aromatic rings. The largest absolute Gasteiger partial charge is 0.396 e. The van der Waals surface area contributed by atoms with Gasteiger partial charge in [-0.05, 0) is 65.8 Å². The topological polar surface area (TPSA) is 70.6 Å². The van der Waals surface area contributed by atoms with Crippen LogP contribution >= 0.6 is 22.6 Å². The minimum Gasteiger partial charge on any atom is -0.396 e. The third-order valence-electron chi connectivity index (χ3n) is 3.35. The molecule has 0 aromatic heterocycles. The Labute approximate surface area is 161 Å². The summed E-state index contributed by atoms with van der Waals surface area (Å²) in [6.07, 6.45) is 1.01. The molecule has 0 radical (unpaired) electrons. The van der Waals surface area contributed by atoms with Crippen molar-refractivity contribution in [2.45, 2.75) is 12.8 Å². The number of hydrogen-bond acceptors (Lipinski definition) is 4. The number of hydroxylamine groups is 1. The molecule has 0 fully saturated rings. The molecular formula is C17H16F3IN2O3. The smallest absolute Gasteiger partial charge is 0.277 e. The zero-order valence-corrected chi connectivity index (χ0v) is 15.6. The highest BCUT2D eigenvalue weighted by Crippen LogP contribution is 2.28. The maximum absolute atomic E-state index is 14.2. The predicted octanol–water partition coefficient (Wildman–Crippen LogP) is 3.89. The fourth-order valence-corrected chi connectivity index (χ4v) is 2.50. The molecule has 0 unspecified atom stereocenters. The molecule has 0 spiro atoms. The van der Waals surface area contributed by atoms with Crippen molar-refractivity contribution in [1.29, 1.82) is 0 Å². The van der Waals surface area contributed by atoms with Crippen LogP contribution in [0.3, 0.4) is 0 Å². The molecular weight excluding hydrogens is 464 g/mol. The van der Waals surface area contributed by atoms with E-state index in [1.54, 1.807) is 6.07 Å². The van der Waals surface area contributed by atoms with Crippen LogP contribution in [0.1, 0.15) is 23.2 Å². The van der Waals surface area contributed by atoms with Gasteiger partial charge in [0.2, 0.25) is 0 Å². The van der Waals surface area contributed by atoms with E-state index in [-0.39, 0.29) is 24.5 Å². The van der Waals surface area contributed by atoms with Gasteiger partial charge in [0.1, 0.15) is 5.82 Å². The number of amides is 1. The van der Waals surface area contributed by atoms with E-state index in [0.717, 1.165) is 12.1 Å². The van der Waals surface area contributed by atoms with Gasteiger partial charge in [-0.1, -0.05) is 0 Å². The molecule has 9 heteroatoms. The van der Waals surface area contributed by atoms with Crippen molar-refractivity contribution >= 4 is 39.9 Å². The van der Waals surface area contributed by atoms with E-state index in [0.29, 0.717) is 16.4 Å². The number of halogens is 4. The molecule has 26 heavy (non-hydrogen) atoms. The van der Waals surface area contributed by atoms with Crippen LogP contribution < -0.4 is 10.8 Å². The Kier molecular flexibility index (Phi) is 7.66. The summed E-state index contributed by atoms with van der Waals surface area (Å²) < 4.78 is 42.4. The molecule has 0 saturated carbocycles. The molecule has 0 atom stereocenters. The number of anilines is 2. The van der Waals surface area contributed by atoms with Crippen LogP contribution in [0.2, 0.25) is 0 Å². The molecule has 0 aliphatic carbocycles. The molecule has 1 amide bonds. The van der Waals surface area contributed by atoms with Crippen LogP contribution in [0.5, 0.6) is 0 Å². The maximum Gasteiger partial charge on any atom is 0.277 e. The number of carbonyl (C=O) groups excluding carboxylic acids is 1. The van der Waals surface area contributed by atoms with Crippen molar-refractivity contribution in [3.63, 3.8) is 0 Å². The minimum absolute atomic E-state index is 0.00384. The monoisotopic (exact) mass is 480 g/mol. The SMILES string of the molecule is O=C(NOCCCCO)c1ccc(F)c(F)c1Nc1ccc(I)cc1F. The summed E-state index contributed by atoms with van der Waals surface area (Å²) in [5.41, 5.74) is 1.26. The summed E-state index contributed by atoms with van der Waals surface area (Å²) in [6, 6.07) is 6.01. The molecule has 0 aliphatic heterocycles. The predicted molar refractivity (Wildman–Crippen MR) is 98.5 cm³/mol. The van der Waals surface area contributed by atoms with Gasteiger partial charge in [-0.3, -0.25) is 9.63 Å². The fourth-order valence-electron chi connectivity index (χ4n) is 2.05. The van der Waals surface area contributed by atoms with E-state index in [4.69, 9.17) is 9.94 Å². The van der Waals surface area contributed by atoms with Gasteiger partial charge in [-0.2, -0.15) is 0 Å². The summed E-state index contributed by atoms with van der Waals surface area (Å²) in [6.45, 7) is 0.139. The second kappa shape index (κ2) is 9.74. The van der Waals surface area contributed by atoms with E-state index in [1.165, 1.54) is 12.1 Å². The van der Waals surface area contributed by atoms with Crippen LogP contribution in [0.4, 0.5) is 24.5 Å². The average Bonchev–Trinajstić information content (AvgIpc) is 2.60. The number of unbranched alkanes of at least 4 members (excludes halogenated alkanes) is 1. The zero-order valence-electron chi connectivity index (χ0n) is 13.5. The van der Waals surface area contributed by atoms with Gasteiger partial charge in [-0.15, -0.1) is 0 Å². The lowest BCUT2D eigenvalue weighted by Gasteiger charge is -2.14. The first kappa shape index (κ1) is 20.5. The van der Waals surface area contributed by atoms with E-state index in [1.807, 2.05) is 22.6 Å². The van der Waals surface area contributed by atoms with E-state index in [2.05, 4.69) is 10.8 Å². The van der Waals surface area contributed by atoms with Gasteiger partial charge in [0, 0.05) is 10.2 Å². The molecule has 3 N–H and O–H groups in total. The van der Waals surface area contributed by atoms with Crippen molar-refractivity contribution in [1.82, 2.24) is 5.48 Å². The van der Waals surface area contributed by atoms with Gasteiger partial charge in [0.25, 0.3) is 5.91 Å². The van der Waals surface area contributed by atoms with E-state index < -0.39 is 29.0 Å². The van der Waals surface area contributed by atoms with Gasteiger partial charge in [0.15, 0.2) is 11.6 Å². The highest BCUT2D eigenvalue weighted by Gasteiger charge is 2.20. The van der Waals surface area contributed by atoms with Crippen molar-refractivity contribution in [2.24, 2.45) is 0 Å². The fraction of sp³-hybridized carbons (Fsp3) is 0.235. The lowest BCUT2D eigenvalue weighted by Crippen LogP contribution is -2.25. The van der Waals surface area contributed by atoms with Crippen LogP contribution in [0.15, 0.2) is 30.3 Å². The van der Waals surface area contributed by atoms with E-state index in [9.17, 15) is 18.0 Å². The maximum atomic E-state index is 14.2. The van der Waals surface area contributed by atoms with Crippen molar-refractivity contribution in [3.8, 4) is 0 Å². The van der Waals surface area contributed by atoms with Gasteiger partial charge < -0.3 is 10.4 Å². The summed E-state index contributed by atoms with van der Waals surface area (Å²) in [4.78, 5) is 17.1. The summed E-state index contributed by atoms with van der Waals surface area (Å²) in [7, 11) is 0. The lowest BCUT2D eigenvalue weighted by atomic mass is 10.1. The highest BCUT2D eigenvalue weighted by molar-refractivity contribution is 14.1. The second-order valence-electron chi connectivity index (χ2n) is 5.24.